The lowest BCUT2D eigenvalue weighted by atomic mass is 9.98. The zero-order valence-corrected chi connectivity index (χ0v) is 14.3. The average molecular weight is 331 g/mol. The number of carbonyl (C=O) groups excluding carboxylic acids is 1. The molecule has 122 valence electrons. The summed E-state index contributed by atoms with van der Waals surface area (Å²) in [4.78, 5) is 16.1. The van der Waals surface area contributed by atoms with E-state index in [2.05, 4.69) is 16.4 Å². The van der Waals surface area contributed by atoms with Crippen LogP contribution in [0.4, 0.5) is 0 Å². The van der Waals surface area contributed by atoms with Crippen LogP contribution in [0.3, 0.4) is 0 Å². The molecular weight excluding hydrogens is 310 g/mol. The number of nitrogens with one attached hydrogen (secondary N) is 1. The van der Waals surface area contributed by atoms with Gasteiger partial charge in [-0.15, -0.1) is 0 Å². The molecule has 2 aromatic rings. The van der Waals surface area contributed by atoms with Crippen molar-refractivity contribution in [1.29, 1.82) is 5.26 Å². The van der Waals surface area contributed by atoms with Crippen molar-refractivity contribution in [3.8, 4) is 6.07 Å². The lowest BCUT2D eigenvalue weighted by molar-refractivity contribution is -0.122. The van der Waals surface area contributed by atoms with Gasteiger partial charge in [0, 0.05) is 12.2 Å². The van der Waals surface area contributed by atoms with Crippen molar-refractivity contribution in [2.45, 2.75) is 50.3 Å². The van der Waals surface area contributed by atoms with Crippen molar-refractivity contribution in [2.24, 2.45) is 0 Å². The van der Waals surface area contributed by atoms with E-state index in [9.17, 15) is 10.1 Å². The molecule has 0 bridgehead atoms. The number of amides is 1. The molecule has 23 heavy (non-hydrogen) atoms. The smallest absolute Gasteiger partial charge is 0.256 e. The number of nitrogens with zero attached hydrogens (tertiary/aromatic N) is 2. The predicted octanol–water partition coefficient (Wildman–Crippen LogP) is 3.90. The van der Waals surface area contributed by atoms with Gasteiger partial charge in [0.1, 0.15) is 11.1 Å². The van der Waals surface area contributed by atoms with Gasteiger partial charge in [-0.3, -0.25) is 4.79 Å². The lowest BCUT2D eigenvalue weighted by Gasteiger charge is -2.22. The van der Waals surface area contributed by atoms with Gasteiger partial charge in [-0.05, 0) is 38.3 Å². The molecule has 0 aliphatic carbocycles. The van der Waals surface area contributed by atoms with Crippen LogP contribution >= 0.6 is 11.8 Å². The fourth-order valence-electron chi connectivity index (χ4n) is 2.24. The minimum Gasteiger partial charge on any atom is -0.431 e. The highest BCUT2D eigenvalue weighted by Gasteiger charge is 2.25. The first-order chi connectivity index (χ1) is 11.1. The first-order valence-corrected chi connectivity index (χ1v) is 8.75. The highest BCUT2D eigenvalue weighted by molar-refractivity contribution is 7.99. The molecule has 1 aromatic carbocycles. The summed E-state index contributed by atoms with van der Waals surface area (Å²) in [6.45, 7) is 3.71. The van der Waals surface area contributed by atoms with Gasteiger partial charge in [0.15, 0.2) is 5.58 Å². The first-order valence-electron chi connectivity index (χ1n) is 7.77. The van der Waals surface area contributed by atoms with Crippen LogP contribution < -0.4 is 5.32 Å². The van der Waals surface area contributed by atoms with Gasteiger partial charge in [0.2, 0.25) is 5.91 Å². The number of para-hydroxylation sites is 2. The van der Waals surface area contributed by atoms with Crippen LogP contribution in [0.2, 0.25) is 0 Å². The summed E-state index contributed by atoms with van der Waals surface area (Å²) in [6, 6.07) is 9.86. The number of nitriles is 1. The second-order valence-corrected chi connectivity index (χ2v) is 6.69. The number of aromatic nitrogens is 1. The normalized spacial score (nSPS) is 13.4. The second-order valence-electron chi connectivity index (χ2n) is 5.64. The molecule has 1 heterocycles. The largest absolute Gasteiger partial charge is 0.431 e. The molecule has 5 nitrogen and oxygen atoms in total. The molecule has 1 unspecified atom stereocenters. The van der Waals surface area contributed by atoms with Crippen LogP contribution in [0, 0.1) is 11.3 Å². The summed E-state index contributed by atoms with van der Waals surface area (Å²) in [5.74, 6) is 0.719. The zero-order valence-electron chi connectivity index (χ0n) is 13.5. The van der Waals surface area contributed by atoms with Crippen molar-refractivity contribution in [1.82, 2.24) is 10.3 Å². The van der Waals surface area contributed by atoms with Crippen LogP contribution in [0.5, 0.6) is 0 Å². The number of oxazole rings is 1. The Balaban J connectivity index is 1.81. The Hall–Kier alpha value is -2.00. The average Bonchev–Trinajstić information content (AvgIpc) is 2.94. The maximum absolute atomic E-state index is 11.7. The Labute approximate surface area is 140 Å². The molecule has 0 aliphatic rings. The van der Waals surface area contributed by atoms with E-state index in [-0.39, 0.29) is 5.91 Å². The van der Waals surface area contributed by atoms with Crippen molar-refractivity contribution in [2.75, 3.05) is 5.75 Å². The number of rotatable bonds is 8. The van der Waals surface area contributed by atoms with Crippen LogP contribution in [0.1, 0.15) is 39.5 Å². The van der Waals surface area contributed by atoms with E-state index in [4.69, 9.17) is 4.42 Å². The van der Waals surface area contributed by atoms with Crippen molar-refractivity contribution >= 4 is 28.8 Å². The third kappa shape index (κ3) is 5.00. The Morgan fingerprint density at radius 3 is 2.96 bits per heavy atom. The number of benzene rings is 1. The monoisotopic (exact) mass is 331 g/mol. The molecule has 1 aromatic heterocycles. The van der Waals surface area contributed by atoms with Crippen molar-refractivity contribution < 1.29 is 9.21 Å². The number of hydrogen-bond acceptors (Lipinski definition) is 5. The summed E-state index contributed by atoms with van der Waals surface area (Å²) in [7, 11) is 0. The van der Waals surface area contributed by atoms with Gasteiger partial charge in [0.25, 0.3) is 5.22 Å². The third-order valence-corrected chi connectivity index (χ3v) is 4.37. The van der Waals surface area contributed by atoms with Gasteiger partial charge in [-0.1, -0.05) is 30.8 Å². The minimum atomic E-state index is -0.811. The molecule has 1 atom stereocenters. The summed E-state index contributed by atoms with van der Waals surface area (Å²) in [5.41, 5.74) is 0.820. The Morgan fingerprint density at radius 2 is 2.26 bits per heavy atom. The summed E-state index contributed by atoms with van der Waals surface area (Å²) < 4.78 is 5.64. The number of hydrogen-bond donors (Lipinski definition) is 1. The fourth-order valence-corrected chi connectivity index (χ4v) is 3.02. The minimum absolute atomic E-state index is 0.0665. The Bertz CT molecular complexity index is 674. The lowest BCUT2D eigenvalue weighted by Crippen LogP contribution is -2.44. The van der Waals surface area contributed by atoms with E-state index < -0.39 is 5.54 Å². The standard InChI is InChI=1S/C17H21N3O2S/c1-3-7-15(21)20-17(2,12-18)10-6-11-23-16-19-13-8-4-5-9-14(13)22-16/h4-5,8-9H,3,6-7,10-11H2,1-2H3,(H,20,21). The van der Waals surface area contributed by atoms with Crippen LogP contribution in [0.25, 0.3) is 11.1 Å². The van der Waals surface area contributed by atoms with E-state index in [0.717, 1.165) is 29.7 Å². The molecule has 1 amide bonds. The summed E-state index contributed by atoms with van der Waals surface area (Å²) in [6.07, 6.45) is 2.63. The maximum atomic E-state index is 11.7. The highest BCUT2D eigenvalue weighted by atomic mass is 32.2. The van der Waals surface area contributed by atoms with Crippen LogP contribution in [-0.2, 0) is 4.79 Å². The molecule has 0 spiro atoms. The fraction of sp³-hybridized carbons (Fsp3) is 0.471. The predicted molar refractivity (Wildman–Crippen MR) is 91.0 cm³/mol. The van der Waals surface area contributed by atoms with Gasteiger partial charge in [-0.2, -0.15) is 5.26 Å². The van der Waals surface area contributed by atoms with E-state index in [1.807, 2.05) is 31.2 Å². The number of fused-ring (bicyclic) bond motifs is 1. The van der Waals surface area contributed by atoms with Crippen LogP contribution in [0.15, 0.2) is 33.9 Å². The zero-order chi connectivity index (χ0) is 16.7. The molecule has 0 fully saturated rings. The molecule has 2 rings (SSSR count). The first kappa shape index (κ1) is 17.4. The summed E-state index contributed by atoms with van der Waals surface area (Å²) >= 11 is 1.53. The SMILES string of the molecule is CCCC(=O)NC(C)(C#N)CCCSc1nc2ccccc2o1. The molecule has 0 saturated heterocycles. The number of thioether (sulfide) groups is 1. The molecule has 0 aliphatic heterocycles. The van der Waals surface area contributed by atoms with Crippen LogP contribution in [-0.4, -0.2) is 22.2 Å². The van der Waals surface area contributed by atoms with Gasteiger partial charge in [-0.25, -0.2) is 4.98 Å². The van der Waals surface area contributed by atoms with Crippen molar-refractivity contribution in [3.05, 3.63) is 24.3 Å². The van der Waals surface area contributed by atoms with E-state index in [1.54, 1.807) is 6.92 Å². The van der Waals surface area contributed by atoms with Gasteiger partial charge in [0.05, 0.1) is 6.07 Å². The molecular formula is C17H21N3O2S. The van der Waals surface area contributed by atoms with E-state index >= 15 is 0 Å². The number of carbonyl (C=O) groups is 1. The topological polar surface area (TPSA) is 78.9 Å². The Morgan fingerprint density at radius 1 is 1.48 bits per heavy atom. The van der Waals surface area contributed by atoms with Gasteiger partial charge < -0.3 is 9.73 Å². The van der Waals surface area contributed by atoms with E-state index in [0.29, 0.717) is 18.1 Å². The highest BCUT2D eigenvalue weighted by Crippen LogP contribution is 2.25. The molecule has 6 heteroatoms. The summed E-state index contributed by atoms with van der Waals surface area (Å²) in [5, 5.41) is 12.8. The van der Waals surface area contributed by atoms with Gasteiger partial charge >= 0.3 is 0 Å². The Kier molecular flexibility index (Phi) is 6.05. The van der Waals surface area contributed by atoms with E-state index in [1.165, 1.54) is 11.8 Å². The second kappa shape index (κ2) is 8.02. The quantitative estimate of drug-likeness (QED) is 0.586. The molecule has 0 saturated carbocycles. The molecule has 1 N–H and O–H groups in total. The maximum Gasteiger partial charge on any atom is 0.256 e. The van der Waals surface area contributed by atoms with Crippen molar-refractivity contribution in [3.63, 3.8) is 0 Å². The molecule has 0 radical (unpaired) electrons. The third-order valence-electron chi connectivity index (χ3n) is 3.46.